The summed E-state index contributed by atoms with van der Waals surface area (Å²) < 4.78 is 24.9. The van der Waals surface area contributed by atoms with E-state index in [9.17, 15) is 23.6 Å². The lowest BCUT2D eigenvalue weighted by molar-refractivity contribution is -0.135. The van der Waals surface area contributed by atoms with Crippen molar-refractivity contribution in [3.05, 3.63) is 64.6 Å². The third-order valence-electron chi connectivity index (χ3n) is 8.30. The number of hydrogen-bond acceptors (Lipinski definition) is 6. The monoisotopic (exact) mass is 643 g/mol. The minimum absolute atomic E-state index is 0.0469. The molecule has 0 saturated carbocycles. The van der Waals surface area contributed by atoms with Gasteiger partial charge in [-0.15, -0.1) is 0 Å². The summed E-state index contributed by atoms with van der Waals surface area (Å²) in [5.41, 5.74) is 1.80. The third-order valence-corrected chi connectivity index (χ3v) is 8.69. The van der Waals surface area contributed by atoms with E-state index in [0.717, 1.165) is 21.9 Å². The lowest BCUT2D eigenvalue weighted by Gasteiger charge is -2.38. The number of carbonyl (C=O) groups excluding carboxylic acids is 4. The topological polar surface area (TPSA) is 112 Å². The molecule has 2 heterocycles. The van der Waals surface area contributed by atoms with Crippen molar-refractivity contribution in [3.8, 4) is 5.75 Å². The maximum atomic E-state index is 14.4. The van der Waals surface area contributed by atoms with E-state index in [-0.39, 0.29) is 53.3 Å². The molecule has 0 radical (unpaired) electrons. The fraction of sp³-hybridized carbons (Fsp3) is 0.438. The number of anilines is 1. The van der Waals surface area contributed by atoms with Gasteiger partial charge in [-0.25, -0.2) is 9.18 Å². The van der Waals surface area contributed by atoms with E-state index in [2.05, 4.69) is 5.32 Å². The summed E-state index contributed by atoms with van der Waals surface area (Å²) in [6, 6.07) is 9.05. The SMILES string of the molecule is COC[C@@H](C)N(C)C(=O)/C(=C\N(C=O)CC(=O)N1CCC(N2CCc3cc(OC)ccc3NC2=O)CC1)c1cccc(F)c1Cl. The van der Waals surface area contributed by atoms with Gasteiger partial charge in [0.15, 0.2) is 0 Å². The number of piperidine rings is 1. The first-order valence-corrected chi connectivity index (χ1v) is 15.1. The zero-order chi connectivity index (χ0) is 32.7. The van der Waals surface area contributed by atoms with E-state index in [4.69, 9.17) is 21.1 Å². The number of carbonyl (C=O) groups is 4. The van der Waals surface area contributed by atoms with Crippen LogP contribution < -0.4 is 10.1 Å². The fourth-order valence-corrected chi connectivity index (χ4v) is 5.79. The Hall–Kier alpha value is -4.16. The molecule has 13 heteroatoms. The molecule has 1 N–H and O–H groups in total. The molecule has 2 aliphatic rings. The molecule has 2 aliphatic heterocycles. The fourth-order valence-electron chi connectivity index (χ4n) is 5.56. The van der Waals surface area contributed by atoms with Gasteiger partial charge in [0, 0.05) is 57.3 Å². The van der Waals surface area contributed by atoms with Crippen molar-refractivity contribution in [2.45, 2.75) is 38.3 Å². The number of benzene rings is 2. The van der Waals surface area contributed by atoms with Crippen LogP contribution in [-0.4, -0.2) is 110 Å². The summed E-state index contributed by atoms with van der Waals surface area (Å²) in [7, 11) is 4.68. The average molecular weight is 644 g/mol. The smallest absolute Gasteiger partial charge is 0.322 e. The molecule has 1 saturated heterocycles. The van der Waals surface area contributed by atoms with Gasteiger partial charge in [0.1, 0.15) is 18.1 Å². The van der Waals surface area contributed by atoms with Crippen LogP contribution >= 0.6 is 11.6 Å². The molecular weight excluding hydrogens is 605 g/mol. The Bertz CT molecular complexity index is 1450. The predicted molar refractivity (Wildman–Crippen MR) is 168 cm³/mol. The van der Waals surface area contributed by atoms with Gasteiger partial charge in [-0.3, -0.25) is 14.4 Å². The Morgan fingerprint density at radius 2 is 1.91 bits per heavy atom. The first-order chi connectivity index (χ1) is 21.6. The minimum Gasteiger partial charge on any atom is -0.497 e. The van der Waals surface area contributed by atoms with Crippen molar-refractivity contribution in [2.24, 2.45) is 0 Å². The molecule has 0 spiro atoms. The second-order valence-corrected chi connectivity index (χ2v) is 11.5. The van der Waals surface area contributed by atoms with E-state index < -0.39 is 11.7 Å². The number of ether oxygens (including phenoxy) is 2. The highest BCUT2D eigenvalue weighted by molar-refractivity contribution is 6.35. The number of likely N-dealkylation sites (tertiary alicyclic amines) is 1. The van der Waals surface area contributed by atoms with Gasteiger partial charge >= 0.3 is 6.03 Å². The first kappa shape index (κ1) is 33.7. The molecule has 1 fully saturated rings. The molecule has 0 aromatic heterocycles. The number of amides is 5. The summed E-state index contributed by atoms with van der Waals surface area (Å²) in [6.45, 7) is 3.01. The molecular formula is C32H39ClFN5O6. The zero-order valence-electron chi connectivity index (χ0n) is 25.9. The number of hydrogen-bond donors (Lipinski definition) is 1. The Labute approximate surface area is 267 Å². The number of urea groups is 1. The van der Waals surface area contributed by atoms with Crippen LogP contribution in [0.4, 0.5) is 14.9 Å². The molecule has 2 aromatic rings. The van der Waals surface area contributed by atoms with E-state index in [1.807, 2.05) is 23.1 Å². The second-order valence-electron chi connectivity index (χ2n) is 11.2. The lowest BCUT2D eigenvalue weighted by Crippen LogP contribution is -2.51. The standard InChI is InChI=1S/C32H39ClFN5O6/c1-21(19-44-3)36(2)31(42)26(25-6-5-7-27(34)30(25)33)17-37(20-40)18-29(41)38-13-11-23(12-14-38)39-15-10-22-16-24(45-4)8-9-28(22)35-32(39)43/h5-9,16-17,20-21,23H,10-15,18-19H2,1-4H3,(H,35,43)/b26-17-/t21-/m1/s1. The Morgan fingerprint density at radius 1 is 1.18 bits per heavy atom. The average Bonchev–Trinajstić information content (AvgIpc) is 3.21. The van der Waals surface area contributed by atoms with Crippen molar-refractivity contribution in [3.63, 3.8) is 0 Å². The molecule has 5 amide bonds. The second kappa shape index (κ2) is 15.2. The Balaban J connectivity index is 1.44. The van der Waals surface area contributed by atoms with Gasteiger partial charge in [-0.1, -0.05) is 23.7 Å². The summed E-state index contributed by atoms with van der Waals surface area (Å²) in [6.07, 6.45) is 3.48. The molecule has 11 nitrogen and oxygen atoms in total. The van der Waals surface area contributed by atoms with E-state index >= 15 is 0 Å². The van der Waals surface area contributed by atoms with E-state index in [1.165, 1.54) is 36.4 Å². The predicted octanol–water partition coefficient (Wildman–Crippen LogP) is 3.86. The minimum atomic E-state index is -0.723. The molecule has 2 aromatic carbocycles. The molecule has 242 valence electrons. The summed E-state index contributed by atoms with van der Waals surface area (Å²) >= 11 is 6.24. The normalized spacial score (nSPS) is 16.3. The molecule has 4 rings (SSSR count). The zero-order valence-corrected chi connectivity index (χ0v) is 26.7. The van der Waals surface area contributed by atoms with Gasteiger partial charge in [0.05, 0.1) is 30.4 Å². The van der Waals surface area contributed by atoms with E-state index in [1.54, 1.807) is 26.0 Å². The van der Waals surface area contributed by atoms with Gasteiger partial charge in [0.25, 0.3) is 5.91 Å². The largest absolute Gasteiger partial charge is 0.497 e. The highest BCUT2D eigenvalue weighted by Crippen LogP contribution is 2.30. The number of nitrogens with zero attached hydrogens (tertiary/aromatic N) is 4. The van der Waals surface area contributed by atoms with Crippen molar-refractivity contribution in [2.75, 3.05) is 59.4 Å². The van der Waals surface area contributed by atoms with Gasteiger partial charge in [-0.05, 0) is 56.0 Å². The number of halogens is 2. The molecule has 0 bridgehead atoms. The van der Waals surface area contributed by atoms with Crippen LogP contribution in [0.25, 0.3) is 5.57 Å². The van der Waals surface area contributed by atoms with E-state index in [0.29, 0.717) is 45.3 Å². The van der Waals surface area contributed by atoms with Gasteiger partial charge in [0.2, 0.25) is 12.3 Å². The number of likely N-dealkylation sites (N-methyl/N-ethyl adjacent to an activating group) is 1. The van der Waals surface area contributed by atoms with Crippen molar-refractivity contribution < 1.29 is 33.0 Å². The first-order valence-electron chi connectivity index (χ1n) is 14.7. The molecule has 0 aliphatic carbocycles. The summed E-state index contributed by atoms with van der Waals surface area (Å²) in [4.78, 5) is 58.0. The van der Waals surface area contributed by atoms with Gasteiger partial charge in [-0.2, -0.15) is 0 Å². The van der Waals surface area contributed by atoms with Crippen molar-refractivity contribution in [1.82, 2.24) is 19.6 Å². The van der Waals surface area contributed by atoms with Crippen LogP contribution in [0.3, 0.4) is 0 Å². The summed E-state index contributed by atoms with van der Waals surface area (Å²) in [5.74, 6) is -0.845. The number of nitrogens with one attached hydrogen (secondary N) is 1. The van der Waals surface area contributed by atoms with Gasteiger partial charge < -0.3 is 34.4 Å². The van der Waals surface area contributed by atoms with Crippen LogP contribution in [0.5, 0.6) is 5.75 Å². The van der Waals surface area contributed by atoms with Crippen LogP contribution in [0, 0.1) is 5.82 Å². The third kappa shape index (κ3) is 7.93. The number of methoxy groups -OCH3 is 2. The maximum Gasteiger partial charge on any atom is 0.322 e. The number of rotatable bonds is 11. The lowest BCUT2D eigenvalue weighted by atomic mass is 10.0. The Kier molecular flexibility index (Phi) is 11.4. The van der Waals surface area contributed by atoms with Crippen molar-refractivity contribution in [1.29, 1.82) is 0 Å². The highest BCUT2D eigenvalue weighted by atomic mass is 35.5. The van der Waals surface area contributed by atoms with Crippen LogP contribution in [0.1, 0.15) is 30.9 Å². The van der Waals surface area contributed by atoms with Crippen LogP contribution in [0.2, 0.25) is 5.02 Å². The Morgan fingerprint density at radius 3 is 2.58 bits per heavy atom. The highest BCUT2D eigenvalue weighted by Gasteiger charge is 2.32. The quantitative estimate of drug-likeness (QED) is 0.294. The van der Waals surface area contributed by atoms with Crippen LogP contribution in [-0.2, 0) is 25.5 Å². The maximum absolute atomic E-state index is 14.4. The summed E-state index contributed by atoms with van der Waals surface area (Å²) in [5, 5.41) is 2.71. The molecule has 1 atom stereocenters. The van der Waals surface area contributed by atoms with Crippen LogP contribution in [0.15, 0.2) is 42.6 Å². The van der Waals surface area contributed by atoms with Crippen molar-refractivity contribution >= 4 is 47.1 Å². The molecule has 0 unspecified atom stereocenters. The number of fused-ring (bicyclic) bond motifs is 1. The molecule has 45 heavy (non-hydrogen) atoms.